The second-order valence-corrected chi connectivity index (χ2v) is 6.87. The molecule has 3 aromatic rings. The first-order valence-electron chi connectivity index (χ1n) is 8.04. The van der Waals surface area contributed by atoms with E-state index in [1.54, 1.807) is 12.4 Å². The van der Waals surface area contributed by atoms with Crippen LogP contribution in [-0.2, 0) is 19.5 Å². The van der Waals surface area contributed by atoms with Crippen LogP contribution in [0.3, 0.4) is 0 Å². The van der Waals surface area contributed by atoms with Crippen LogP contribution in [0.5, 0.6) is 0 Å². The molecule has 0 aliphatic carbocycles. The molecular formula is C18H16BrN5O. The van der Waals surface area contributed by atoms with E-state index in [9.17, 15) is 4.79 Å². The standard InChI is InChI=1S/C18H16BrN5O/c19-15-4-2-1-3-12(15)9-24-6-5-14-16(10-24)22-17(23-18(14)25)13-7-20-11-21-8-13/h1-4,7-8,11H,5-6,9-10H2,(H,22,23,25). The summed E-state index contributed by atoms with van der Waals surface area (Å²) in [4.78, 5) is 30.2. The third-order valence-electron chi connectivity index (χ3n) is 4.34. The van der Waals surface area contributed by atoms with Gasteiger partial charge in [0.1, 0.15) is 12.2 Å². The van der Waals surface area contributed by atoms with Gasteiger partial charge in [-0.1, -0.05) is 34.1 Å². The number of hydrogen-bond acceptors (Lipinski definition) is 5. The van der Waals surface area contributed by atoms with Gasteiger partial charge in [0.25, 0.3) is 5.56 Å². The topological polar surface area (TPSA) is 74.8 Å². The Balaban J connectivity index is 1.63. The number of hydrogen-bond donors (Lipinski definition) is 1. The summed E-state index contributed by atoms with van der Waals surface area (Å²) in [6.07, 6.45) is 5.46. The highest BCUT2D eigenvalue weighted by atomic mass is 79.9. The molecule has 7 heteroatoms. The van der Waals surface area contributed by atoms with E-state index in [2.05, 4.69) is 46.8 Å². The van der Waals surface area contributed by atoms with Crippen molar-refractivity contribution < 1.29 is 0 Å². The Bertz CT molecular complexity index is 957. The summed E-state index contributed by atoms with van der Waals surface area (Å²) < 4.78 is 1.10. The Morgan fingerprint density at radius 1 is 1.20 bits per heavy atom. The van der Waals surface area contributed by atoms with Gasteiger partial charge in [-0.25, -0.2) is 15.0 Å². The fraction of sp³-hybridized carbons (Fsp3) is 0.222. The minimum absolute atomic E-state index is 0.0654. The number of aromatic nitrogens is 4. The number of halogens is 1. The number of nitrogens with zero attached hydrogens (tertiary/aromatic N) is 4. The molecule has 0 saturated heterocycles. The van der Waals surface area contributed by atoms with Crippen molar-refractivity contribution in [1.29, 1.82) is 0 Å². The van der Waals surface area contributed by atoms with Gasteiger partial charge in [-0.05, 0) is 18.1 Å². The SMILES string of the molecule is O=c1[nH]c(-c2cncnc2)nc2c1CCN(Cc1ccccc1Br)C2. The first kappa shape index (κ1) is 16.1. The number of aromatic amines is 1. The molecular weight excluding hydrogens is 382 g/mol. The Hall–Kier alpha value is -2.38. The van der Waals surface area contributed by atoms with E-state index >= 15 is 0 Å². The second-order valence-electron chi connectivity index (χ2n) is 6.02. The normalized spacial score (nSPS) is 14.3. The lowest BCUT2D eigenvalue weighted by Crippen LogP contribution is -2.35. The smallest absolute Gasteiger partial charge is 0.254 e. The number of fused-ring (bicyclic) bond motifs is 1. The van der Waals surface area contributed by atoms with Crippen molar-refractivity contribution >= 4 is 15.9 Å². The highest BCUT2D eigenvalue weighted by Gasteiger charge is 2.22. The zero-order valence-electron chi connectivity index (χ0n) is 13.4. The number of rotatable bonds is 3. The average Bonchev–Trinajstić information content (AvgIpc) is 2.64. The first-order valence-corrected chi connectivity index (χ1v) is 8.83. The molecule has 3 heterocycles. The number of H-pyrrole nitrogens is 1. The third kappa shape index (κ3) is 3.38. The molecule has 0 saturated carbocycles. The maximum atomic E-state index is 12.4. The van der Waals surface area contributed by atoms with Crippen LogP contribution in [0.2, 0.25) is 0 Å². The molecule has 126 valence electrons. The van der Waals surface area contributed by atoms with Gasteiger partial charge in [-0.2, -0.15) is 0 Å². The lowest BCUT2D eigenvalue weighted by molar-refractivity contribution is 0.240. The predicted molar refractivity (Wildman–Crippen MR) is 97.8 cm³/mol. The van der Waals surface area contributed by atoms with Crippen LogP contribution in [0.15, 0.2) is 52.3 Å². The van der Waals surface area contributed by atoms with Crippen molar-refractivity contribution in [1.82, 2.24) is 24.8 Å². The minimum atomic E-state index is -0.0654. The molecule has 2 aromatic heterocycles. The van der Waals surface area contributed by atoms with Crippen molar-refractivity contribution in [2.24, 2.45) is 0 Å². The predicted octanol–water partition coefficient (Wildman–Crippen LogP) is 2.55. The molecule has 0 unspecified atom stereocenters. The molecule has 6 nitrogen and oxygen atoms in total. The van der Waals surface area contributed by atoms with Gasteiger partial charge < -0.3 is 4.98 Å². The van der Waals surface area contributed by atoms with Crippen LogP contribution < -0.4 is 5.56 Å². The van der Waals surface area contributed by atoms with Crippen molar-refractivity contribution in [3.63, 3.8) is 0 Å². The first-order chi connectivity index (χ1) is 12.2. The van der Waals surface area contributed by atoms with Crippen LogP contribution >= 0.6 is 15.9 Å². The molecule has 1 aliphatic heterocycles. The molecule has 0 bridgehead atoms. The van der Waals surface area contributed by atoms with E-state index in [-0.39, 0.29) is 5.56 Å². The van der Waals surface area contributed by atoms with Crippen molar-refractivity contribution in [2.45, 2.75) is 19.5 Å². The summed E-state index contributed by atoms with van der Waals surface area (Å²) in [7, 11) is 0. The molecule has 4 rings (SSSR count). The molecule has 1 aromatic carbocycles. The highest BCUT2D eigenvalue weighted by Crippen LogP contribution is 2.22. The monoisotopic (exact) mass is 397 g/mol. The van der Waals surface area contributed by atoms with Crippen LogP contribution in [0.4, 0.5) is 0 Å². The van der Waals surface area contributed by atoms with E-state index in [1.807, 2.05) is 18.2 Å². The van der Waals surface area contributed by atoms with E-state index in [0.717, 1.165) is 28.8 Å². The maximum Gasteiger partial charge on any atom is 0.254 e. The molecule has 25 heavy (non-hydrogen) atoms. The van der Waals surface area contributed by atoms with Crippen molar-refractivity contribution in [2.75, 3.05) is 6.54 Å². The second kappa shape index (κ2) is 6.85. The Kier molecular flexibility index (Phi) is 4.42. The summed E-state index contributed by atoms with van der Waals surface area (Å²) in [5.74, 6) is 0.520. The van der Waals surface area contributed by atoms with Gasteiger partial charge >= 0.3 is 0 Å². The van der Waals surface area contributed by atoms with Crippen molar-refractivity contribution in [3.8, 4) is 11.4 Å². The molecule has 0 fully saturated rings. The summed E-state index contributed by atoms with van der Waals surface area (Å²) in [5.41, 5.74) is 3.49. The van der Waals surface area contributed by atoms with Crippen LogP contribution in [-0.4, -0.2) is 31.4 Å². The molecule has 0 spiro atoms. The van der Waals surface area contributed by atoms with Crippen molar-refractivity contribution in [3.05, 3.63) is 74.6 Å². The fourth-order valence-corrected chi connectivity index (χ4v) is 3.46. The highest BCUT2D eigenvalue weighted by molar-refractivity contribution is 9.10. The Labute approximate surface area is 153 Å². The van der Waals surface area contributed by atoms with E-state index < -0.39 is 0 Å². The largest absolute Gasteiger partial charge is 0.306 e. The lowest BCUT2D eigenvalue weighted by Gasteiger charge is -2.28. The molecule has 0 radical (unpaired) electrons. The van der Waals surface area contributed by atoms with E-state index in [1.165, 1.54) is 11.9 Å². The van der Waals surface area contributed by atoms with Gasteiger partial charge in [0, 0.05) is 42.1 Å². The van der Waals surface area contributed by atoms with E-state index in [4.69, 9.17) is 0 Å². The maximum absolute atomic E-state index is 12.4. The summed E-state index contributed by atoms with van der Waals surface area (Å²) in [6.45, 7) is 2.31. The molecule has 0 amide bonds. The Morgan fingerprint density at radius 2 is 2.00 bits per heavy atom. The lowest BCUT2D eigenvalue weighted by atomic mass is 10.1. The van der Waals surface area contributed by atoms with Crippen LogP contribution in [0.25, 0.3) is 11.4 Å². The number of benzene rings is 1. The molecule has 0 atom stereocenters. The molecule has 1 N–H and O–H groups in total. The quantitative estimate of drug-likeness (QED) is 0.734. The zero-order valence-corrected chi connectivity index (χ0v) is 15.0. The fourth-order valence-electron chi connectivity index (χ4n) is 3.05. The van der Waals surface area contributed by atoms with Crippen LogP contribution in [0, 0.1) is 0 Å². The molecule has 1 aliphatic rings. The van der Waals surface area contributed by atoms with E-state index in [0.29, 0.717) is 24.4 Å². The zero-order chi connectivity index (χ0) is 17.2. The van der Waals surface area contributed by atoms with Gasteiger partial charge in [0.15, 0.2) is 0 Å². The third-order valence-corrected chi connectivity index (χ3v) is 5.11. The van der Waals surface area contributed by atoms with Gasteiger partial charge in [-0.15, -0.1) is 0 Å². The van der Waals surface area contributed by atoms with Crippen LogP contribution in [0.1, 0.15) is 16.8 Å². The Morgan fingerprint density at radius 3 is 2.80 bits per heavy atom. The van der Waals surface area contributed by atoms with Gasteiger partial charge in [0.2, 0.25) is 0 Å². The minimum Gasteiger partial charge on any atom is -0.306 e. The van der Waals surface area contributed by atoms with Gasteiger partial charge in [0.05, 0.1) is 11.3 Å². The summed E-state index contributed by atoms with van der Waals surface area (Å²) in [6, 6.07) is 8.20. The number of nitrogens with one attached hydrogen (secondary N) is 1. The average molecular weight is 398 g/mol. The summed E-state index contributed by atoms with van der Waals surface area (Å²) in [5, 5.41) is 0. The summed E-state index contributed by atoms with van der Waals surface area (Å²) >= 11 is 3.60. The van der Waals surface area contributed by atoms with Gasteiger partial charge in [-0.3, -0.25) is 9.69 Å².